The van der Waals surface area contributed by atoms with Gasteiger partial charge in [-0.25, -0.2) is 15.0 Å². The van der Waals surface area contributed by atoms with E-state index in [0.717, 1.165) is 48.1 Å². The molecule has 1 unspecified atom stereocenters. The Morgan fingerprint density at radius 3 is 2.84 bits per heavy atom. The summed E-state index contributed by atoms with van der Waals surface area (Å²) in [6.45, 7) is 1.61. The Morgan fingerprint density at radius 1 is 1.16 bits per heavy atom. The van der Waals surface area contributed by atoms with Gasteiger partial charge in [0.1, 0.15) is 17.5 Å². The molecule has 1 fully saturated rings. The second-order valence-electron chi connectivity index (χ2n) is 7.64. The summed E-state index contributed by atoms with van der Waals surface area (Å²) in [6.07, 6.45) is 7.38. The van der Waals surface area contributed by atoms with Crippen molar-refractivity contribution in [3.63, 3.8) is 0 Å². The highest BCUT2D eigenvalue weighted by Gasteiger charge is 2.28. The number of hydrogen-bond donors (Lipinski definition) is 1. The molecular formula is C23H19Cl2N7. The van der Waals surface area contributed by atoms with E-state index < -0.39 is 0 Å². The third-order valence-corrected chi connectivity index (χ3v) is 6.17. The second kappa shape index (κ2) is 8.65. The quantitative estimate of drug-likeness (QED) is 0.445. The summed E-state index contributed by atoms with van der Waals surface area (Å²) < 4.78 is 2.01. The van der Waals surface area contributed by atoms with E-state index >= 15 is 0 Å². The van der Waals surface area contributed by atoms with Gasteiger partial charge in [0.15, 0.2) is 0 Å². The summed E-state index contributed by atoms with van der Waals surface area (Å²) in [7, 11) is 0. The van der Waals surface area contributed by atoms with Gasteiger partial charge in [-0.3, -0.25) is 4.40 Å². The molecule has 0 aliphatic carbocycles. The van der Waals surface area contributed by atoms with E-state index in [9.17, 15) is 0 Å². The molecule has 1 N–H and O–H groups in total. The first-order valence-corrected chi connectivity index (χ1v) is 11.0. The minimum absolute atomic E-state index is 0.237. The molecule has 0 radical (unpaired) electrons. The predicted molar refractivity (Wildman–Crippen MR) is 126 cm³/mol. The van der Waals surface area contributed by atoms with Gasteiger partial charge in [-0.15, -0.1) is 0 Å². The van der Waals surface area contributed by atoms with Crippen LogP contribution in [0.3, 0.4) is 0 Å². The molecule has 32 heavy (non-hydrogen) atoms. The smallest absolute Gasteiger partial charge is 0.212 e. The average Bonchev–Trinajstić information content (AvgIpc) is 3.47. The molecule has 0 amide bonds. The van der Waals surface area contributed by atoms with Crippen molar-refractivity contribution in [2.24, 2.45) is 0 Å². The Kier molecular flexibility index (Phi) is 5.56. The molecular weight excluding hydrogens is 445 g/mol. The topological polar surface area (TPSA) is 82.1 Å². The molecule has 0 saturated carbocycles. The molecule has 1 aromatic carbocycles. The van der Waals surface area contributed by atoms with Gasteiger partial charge in [0.25, 0.3) is 0 Å². The second-order valence-corrected chi connectivity index (χ2v) is 8.48. The number of nitrogens with zero attached hydrogens (tertiary/aromatic N) is 6. The van der Waals surface area contributed by atoms with E-state index in [1.54, 1.807) is 24.5 Å². The summed E-state index contributed by atoms with van der Waals surface area (Å²) in [5.41, 5.74) is 2.93. The number of halogens is 2. The van der Waals surface area contributed by atoms with Crippen LogP contribution in [0.15, 0.2) is 55.0 Å². The van der Waals surface area contributed by atoms with Crippen molar-refractivity contribution in [1.82, 2.24) is 19.4 Å². The zero-order valence-electron chi connectivity index (χ0n) is 17.0. The molecule has 0 bridgehead atoms. The zero-order chi connectivity index (χ0) is 22.1. The Labute approximate surface area is 195 Å². The predicted octanol–water partition coefficient (Wildman–Crippen LogP) is 5.05. The van der Waals surface area contributed by atoms with Crippen LogP contribution in [-0.4, -0.2) is 38.5 Å². The number of benzene rings is 1. The maximum absolute atomic E-state index is 8.95. The molecule has 160 valence electrons. The van der Waals surface area contributed by atoms with Crippen LogP contribution in [-0.2, 0) is 0 Å². The Bertz CT molecular complexity index is 1310. The van der Waals surface area contributed by atoms with Crippen LogP contribution in [0.2, 0.25) is 10.0 Å². The molecule has 4 heterocycles. The molecule has 3 aromatic heterocycles. The van der Waals surface area contributed by atoms with Crippen LogP contribution in [0.1, 0.15) is 18.4 Å². The van der Waals surface area contributed by atoms with Gasteiger partial charge < -0.3 is 10.2 Å². The molecule has 1 aliphatic heterocycles. The van der Waals surface area contributed by atoms with Crippen molar-refractivity contribution in [3.8, 4) is 17.3 Å². The van der Waals surface area contributed by atoms with Crippen molar-refractivity contribution in [1.29, 1.82) is 5.26 Å². The van der Waals surface area contributed by atoms with Gasteiger partial charge in [-0.2, -0.15) is 5.26 Å². The van der Waals surface area contributed by atoms with E-state index in [1.165, 1.54) is 0 Å². The minimum Gasteiger partial charge on any atom is -0.368 e. The van der Waals surface area contributed by atoms with Crippen molar-refractivity contribution in [2.45, 2.75) is 18.9 Å². The lowest BCUT2D eigenvalue weighted by molar-refractivity contribution is 0.678. The van der Waals surface area contributed by atoms with Crippen LogP contribution in [0.5, 0.6) is 0 Å². The highest BCUT2D eigenvalue weighted by Crippen LogP contribution is 2.33. The Morgan fingerprint density at radius 2 is 2.06 bits per heavy atom. The lowest BCUT2D eigenvalue weighted by Gasteiger charge is -2.27. The molecule has 1 aliphatic rings. The molecule has 5 rings (SSSR count). The lowest BCUT2D eigenvalue weighted by Crippen LogP contribution is -2.36. The number of anilines is 2. The Balaban J connectivity index is 1.46. The van der Waals surface area contributed by atoms with Crippen LogP contribution in [0.25, 0.3) is 16.9 Å². The summed E-state index contributed by atoms with van der Waals surface area (Å²) >= 11 is 12.5. The summed E-state index contributed by atoms with van der Waals surface area (Å²) in [6, 6.07) is 13.3. The van der Waals surface area contributed by atoms with Gasteiger partial charge in [0.05, 0.1) is 16.3 Å². The molecule has 1 saturated heterocycles. The highest BCUT2D eigenvalue weighted by atomic mass is 35.5. The average molecular weight is 464 g/mol. The molecule has 1 atom stereocenters. The first-order valence-electron chi connectivity index (χ1n) is 10.3. The fourth-order valence-electron chi connectivity index (χ4n) is 4.04. The lowest BCUT2D eigenvalue weighted by atomic mass is 10.1. The minimum atomic E-state index is 0.237. The van der Waals surface area contributed by atoms with Gasteiger partial charge in [0.2, 0.25) is 5.95 Å². The normalized spacial score (nSPS) is 15.8. The van der Waals surface area contributed by atoms with Gasteiger partial charge in [0, 0.05) is 54.4 Å². The van der Waals surface area contributed by atoms with Crippen LogP contribution in [0, 0.1) is 11.3 Å². The standard InChI is InChI=1S/C23H19Cl2N7/c24-16-4-5-18(19(25)10-16)20-11-22-27-7-9-32(22)23(30-20)31-8-1-2-17(31)14-29-21-6-3-15(12-26)13-28-21/h3-7,9-11,13,17H,1-2,8,14H2,(H,28,29). The Hall–Kier alpha value is -3.34. The fraction of sp³-hybridized carbons (Fsp3) is 0.217. The monoisotopic (exact) mass is 463 g/mol. The summed E-state index contributed by atoms with van der Waals surface area (Å²) in [5.74, 6) is 1.58. The number of rotatable bonds is 5. The number of nitriles is 1. The largest absolute Gasteiger partial charge is 0.368 e. The first-order chi connectivity index (χ1) is 15.6. The number of imidazole rings is 1. The molecule has 4 aromatic rings. The number of hydrogen-bond acceptors (Lipinski definition) is 6. The third kappa shape index (κ3) is 3.95. The fourth-order valence-corrected chi connectivity index (χ4v) is 4.55. The van der Waals surface area contributed by atoms with Crippen molar-refractivity contribution < 1.29 is 0 Å². The van der Waals surface area contributed by atoms with Gasteiger partial charge in [-0.05, 0) is 43.2 Å². The van der Waals surface area contributed by atoms with Crippen molar-refractivity contribution >= 4 is 40.6 Å². The van der Waals surface area contributed by atoms with E-state index in [-0.39, 0.29) is 6.04 Å². The highest BCUT2D eigenvalue weighted by molar-refractivity contribution is 6.36. The number of nitrogens with one attached hydrogen (secondary N) is 1. The maximum atomic E-state index is 8.95. The summed E-state index contributed by atoms with van der Waals surface area (Å²) in [4.78, 5) is 16.1. The van der Waals surface area contributed by atoms with E-state index in [2.05, 4.69) is 26.3 Å². The molecule has 9 heteroatoms. The first kappa shape index (κ1) is 20.6. The van der Waals surface area contributed by atoms with Crippen molar-refractivity contribution in [3.05, 3.63) is 70.6 Å². The van der Waals surface area contributed by atoms with E-state index in [1.807, 2.05) is 34.9 Å². The number of aromatic nitrogens is 4. The summed E-state index contributed by atoms with van der Waals surface area (Å²) in [5, 5.41) is 13.5. The van der Waals surface area contributed by atoms with E-state index in [0.29, 0.717) is 22.2 Å². The van der Waals surface area contributed by atoms with Crippen LogP contribution in [0.4, 0.5) is 11.8 Å². The van der Waals surface area contributed by atoms with Crippen LogP contribution < -0.4 is 10.2 Å². The number of pyridine rings is 1. The molecule has 0 spiro atoms. The molecule has 7 nitrogen and oxygen atoms in total. The SMILES string of the molecule is N#Cc1ccc(NCC2CCCN2c2nc(-c3ccc(Cl)cc3Cl)cc3nccn23)nc1. The zero-order valence-corrected chi connectivity index (χ0v) is 18.6. The third-order valence-electron chi connectivity index (χ3n) is 5.62. The number of fused-ring (bicyclic) bond motifs is 1. The van der Waals surface area contributed by atoms with E-state index in [4.69, 9.17) is 33.4 Å². The maximum Gasteiger partial charge on any atom is 0.212 e. The van der Waals surface area contributed by atoms with Gasteiger partial charge >= 0.3 is 0 Å². The van der Waals surface area contributed by atoms with Gasteiger partial charge in [-0.1, -0.05) is 23.2 Å². The van der Waals surface area contributed by atoms with Crippen LogP contribution >= 0.6 is 23.2 Å². The van der Waals surface area contributed by atoms with Crippen molar-refractivity contribution in [2.75, 3.05) is 23.3 Å².